The lowest BCUT2D eigenvalue weighted by molar-refractivity contribution is 0.126. The standard InChI is InChI=1S/C14H20ClNO2/c1-9-7-13(14(18-2)8-12(9)15)16-10-3-5-11(17)6-4-10/h7-8,10-11,16-17H,3-6H2,1-2H3. The summed E-state index contributed by atoms with van der Waals surface area (Å²) in [5.41, 5.74) is 2.02. The molecular formula is C14H20ClNO2. The fraction of sp³-hybridized carbons (Fsp3) is 0.571. The maximum absolute atomic E-state index is 9.50. The molecule has 2 rings (SSSR count). The summed E-state index contributed by atoms with van der Waals surface area (Å²) >= 11 is 6.09. The first kappa shape index (κ1) is 13.5. The zero-order valence-corrected chi connectivity index (χ0v) is 11.6. The Kier molecular flexibility index (Phi) is 4.36. The molecule has 0 radical (unpaired) electrons. The molecule has 1 saturated carbocycles. The predicted octanol–water partition coefficient (Wildman–Crippen LogP) is 3.37. The van der Waals surface area contributed by atoms with Gasteiger partial charge in [-0.05, 0) is 44.2 Å². The molecule has 100 valence electrons. The van der Waals surface area contributed by atoms with Crippen LogP contribution in [0.3, 0.4) is 0 Å². The van der Waals surface area contributed by atoms with E-state index in [9.17, 15) is 5.11 Å². The first-order chi connectivity index (χ1) is 8.60. The number of aliphatic hydroxyl groups excluding tert-OH is 1. The van der Waals surface area contributed by atoms with Gasteiger partial charge in [-0.3, -0.25) is 0 Å². The molecule has 0 bridgehead atoms. The van der Waals surface area contributed by atoms with Crippen molar-refractivity contribution in [1.82, 2.24) is 0 Å². The third-order valence-electron chi connectivity index (χ3n) is 3.54. The molecule has 0 aromatic heterocycles. The monoisotopic (exact) mass is 269 g/mol. The largest absolute Gasteiger partial charge is 0.495 e. The zero-order valence-electron chi connectivity index (χ0n) is 10.9. The van der Waals surface area contributed by atoms with Gasteiger partial charge in [-0.2, -0.15) is 0 Å². The first-order valence-electron chi connectivity index (χ1n) is 6.39. The summed E-state index contributed by atoms with van der Waals surface area (Å²) in [4.78, 5) is 0. The molecule has 1 aromatic rings. The molecule has 0 saturated heterocycles. The van der Waals surface area contributed by atoms with Gasteiger partial charge in [-0.1, -0.05) is 11.6 Å². The highest BCUT2D eigenvalue weighted by atomic mass is 35.5. The van der Waals surface area contributed by atoms with Crippen molar-refractivity contribution in [2.45, 2.75) is 44.8 Å². The van der Waals surface area contributed by atoms with Crippen LogP contribution in [-0.2, 0) is 0 Å². The Labute approximate surface area is 113 Å². The minimum absolute atomic E-state index is 0.128. The molecule has 2 N–H and O–H groups in total. The molecular weight excluding hydrogens is 250 g/mol. The van der Waals surface area contributed by atoms with E-state index in [0.717, 1.165) is 47.7 Å². The summed E-state index contributed by atoms with van der Waals surface area (Å²) < 4.78 is 5.35. The lowest BCUT2D eigenvalue weighted by atomic mass is 9.93. The maximum Gasteiger partial charge on any atom is 0.143 e. The van der Waals surface area contributed by atoms with Crippen LogP contribution in [0.1, 0.15) is 31.2 Å². The van der Waals surface area contributed by atoms with Gasteiger partial charge >= 0.3 is 0 Å². The molecule has 1 aliphatic carbocycles. The Bertz CT molecular complexity index is 415. The van der Waals surface area contributed by atoms with Crippen molar-refractivity contribution < 1.29 is 9.84 Å². The number of hydrogen-bond donors (Lipinski definition) is 2. The fourth-order valence-electron chi connectivity index (χ4n) is 2.39. The molecule has 0 heterocycles. The van der Waals surface area contributed by atoms with Gasteiger partial charge in [0, 0.05) is 17.1 Å². The number of hydrogen-bond acceptors (Lipinski definition) is 3. The second kappa shape index (κ2) is 5.81. The highest BCUT2D eigenvalue weighted by Gasteiger charge is 2.20. The number of aryl methyl sites for hydroxylation is 1. The lowest BCUT2D eigenvalue weighted by Crippen LogP contribution is -2.28. The van der Waals surface area contributed by atoms with E-state index in [-0.39, 0.29) is 6.10 Å². The third-order valence-corrected chi connectivity index (χ3v) is 3.94. The van der Waals surface area contributed by atoms with Gasteiger partial charge in [0.2, 0.25) is 0 Å². The molecule has 0 unspecified atom stereocenters. The first-order valence-corrected chi connectivity index (χ1v) is 6.76. The fourth-order valence-corrected chi connectivity index (χ4v) is 2.54. The van der Waals surface area contributed by atoms with E-state index in [0.29, 0.717) is 6.04 Å². The Morgan fingerprint density at radius 3 is 2.56 bits per heavy atom. The van der Waals surface area contributed by atoms with Crippen molar-refractivity contribution in [1.29, 1.82) is 0 Å². The number of rotatable bonds is 3. The summed E-state index contributed by atoms with van der Waals surface area (Å²) in [5.74, 6) is 0.775. The molecule has 18 heavy (non-hydrogen) atoms. The Hall–Kier alpha value is -0.930. The zero-order chi connectivity index (χ0) is 13.1. The van der Waals surface area contributed by atoms with Crippen LogP contribution in [0.2, 0.25) is 5.02 Å². The van der Waals surface area contributed by atoms with Gasteiger partial charge in [0.25, 0.3) is 0 Å². The van der Waals surface area contributed by atoms with Crippen molar-refractivity contribution in [2.75, 3.05) is 12.4 Å². The number of nitrogens with one attached hydrogen (secondary N) is 1. The second-order valence-corrected chi connectivity index (χ2v) is 5.36. The topological polar surface area (TPSA) is 41.5 Å². The van der Waals surface area contributed by atoms with Crippen LogP contribution in [0.25, 0.3) is 0 Å². The van der Waals surface area contributed by atoms with Crippen molar-refractivity contribution >= 4 is 17.3 Å². The van der Waals surface area contributed by atoms with Gasteiger partial charge in [0.05, 0.1) is 18.9 Å². The Morgan fingerprint density at radius 2 is 1.94 bits per heavy atom. The number of methoxy groups -OCH3 is 1. The number of anilines is 1. The molecule has 0 atom stereocenters. The van der Waals surface area contributed by atoms with E-state index in [1.165, 1.54) is 0 Å². The lowest BCUT2D eigenvalue weighted by Gasteiger charge is -2.27. The molecule has 0 aliphatic heterocycles. The number of aliphatic hydroxyl groups is 1. The van der Waals surface area contributed by atoms with Gasteiger partial charge in [0.1, 0.15) is 5.75 Å². The molecule has 0 amide bonds. The van der Waals surface area contributed by atoms with E-state index >= 15 is 0 Å². The number of ether oxygens (including phenoxy) is 1. The van der Waals surface area contributed by atoms with E-state index in [1.807, 2.05) is 19.1 Å². The van der Waals surface area contributed by atoms with Crippen molar-refractivity contribution in [3.8, 4) is 5.75 Å². The van der Waals surface area contributed by atoms with Crippen LogP contribution < -0.4 is 10.1 Å². The number of halogens is 1. The minimum Gasteiger partial charge on any atom is -0.495 e. The van der Waals surface area contributed by atoms with Gasteiger partial charge in [0.15, 0.2) is 0 Å². The highest BCUT2D eigenvalue weighted by molar-refractivity contribution is 6.31. The van der Waals surface area contributed by atoms with E-state index in [4.69, 9.17) is 16.3 Å². The van der Waals surface area contributed by atoms with Crippen LogP contribution in [0.15, 0.2) is 12.1 Å². The highest BCUT2D eigenvalue weighted by Crippen LogP contribution is 2.33. The molecule has 1 fully saturated rings. The van der Waals surface area contributed by atoms with Gasteiger partial charge in [-0.15, -0.1) is 0 Å². The van der Waals surface area contributed by atoms with Crippen molar-refractivity contribution in [2.24, 2.45) is 0 Å². The molecule has 0 spiro atoms. The van der Waals surface area contributed by atoms with Gasteiger partial charge in [-0.25, -0.2) is 0 Å². The summed E-state index contributed by atoms with van der Waals surface area (Å²) in [7, 11) is 1.65. The van der Waals surface area contributed by atoms with Crippen molar-refractivity contribution in [3.63, 3.8) is 0 Å². The van der Waals surface area contributed by atoms with Crippen LogP contribution >= 0.6 is 11.6 Å². The van der Waals surface area contributed by atoms with Crippen LogP contribution in [-0.4, -0.2) is 24.4 Å². The summed E-state index contributed by atoms with van der Waals surface area (Å²) in [6.45, 7) is 1.98. The smallest absolute Gasteiger partial charge is 0.143 e. The predicted molar refractivity (Wildman–Crippen MR) is 74.6 cm³/mol. The van der Waals surface area contributed by atoms with E-state index in [2.05, 4.69) is 5.32 Å². The quantitative estimate of drug-likeness (QED) is 0.884. The average Bonchev–Trinajstić information content (AvgIpc) is 2.36. The average molecular weight is 270 g/mol. The van der Waals surface area contributed by atoms with Gasteiger partial charge < -0.3 is 15.2 Å². The second-order valence-electron chi connectivity index (χ2n) is 4.95. The van der Waals surface area contributed by atoms with Crippen molar-refractivity contribution in [3.05, 3.63) is 22.7 Å². The summed E-state index contributed by atoms with van der Waals surface area (Å²) in [6, 6.07) is 4.27. The van der Waals surface area contributed by atoms with Crippen LogP contribution in [0, 0.1) is 6.92 Å². The third kappa shape index (κ3) is 3.09. The normalized spacial score (nSPS) is 23.8. The van der Waals surface area contributed by atoms with Crippen LogP contribution in [0.5, 0.6) is 5.75 Å². The minimum atomic E-state index is -0.128. The van der Waals surface area contributed by atoms with E-state index < -0.39 is 0 Å². The SMILES string of the molecule is COc1cc(Cl)c(C)cc1NC1CCC(O)CC1. The van der Waals surface area contributed by atoms with E-state index in [1.54, 1.807) is 7.11 Å². The molecule has 1 aromatic carbocycles. The maximum atomic E-state index is 9.50. The Balaban J connectivity index is 2.10. The number of benzene rings is 1. The molecule has 1 aliphatic rings. The molecule has 4 heteroatoms. The molecule has 3 nitrogen and oxygen atoms in total. The summed E-state index contributed by atoms with van der Waals surface area (Å²) in [5, 5.41) is 13.7. The Morgan fingerprint density at radius 1 is 1.28 bits per heavy atom. The van der Waals surface area contributed by atoms with Crippen LogP contribution in [0.4, 0.5) is 5.69 Å². The summed E-state index contributed by atoms with van der Waals surface area (Å²) in [6.07, 6.45) is 3.59.